The summed E-state index contributed by atoms with van der Waals surface area (Å²) in [6.45, 7) is 0. The average molecular weight is 379 g/mol. The lowest BCUT2D eigenvalue weighted by Crippen LogP contribution is -2.34. The average Bonchev–Trinajstić information content (AvgIpc) is 3.41. The van der Waals surface area contributed by atoms with Crippen LogP contribution >= 0.6 is 0 Å². The number of carbonyl (C=O) groups excluding carboxylic acids is 2. The van der Waals surface area contributed by atoms with Crippen LogP contribution in [0.4, 0.5) is 10.5 Å². The topological polar surface area (TPSA) is 108 Å². The van der Waals surface area contributed by atoms with Gasteiger partial charge in [0.05, 0.1) is 12.0 Å². The van der Waals surface area contributed by atoms with E-state index in [9.17, 15) is 19.5 Å². The van der Waals surface area contributed by atoms with Gasteiger partial charge in [0.2, 0.25) is 0 Å². The van der Waals surface area contributed by atoms with Crippen LogP contribution in [-0.2, 0) is 11.2 Å². The lowest BCUT2D eigenvalue weighted by Gasteiger charge is -2.19. The van der Waals surface area contributed by atoms with Crippen LogP contribution in [0, 0.1) is 5.92 Å². The first-order valence-electron chi connectivity index (χ1n) is 9.30. The molecule has 0 spiro atoms. The fraction of sp³-hybridized carbons (Fsp3) is 0.286. The first-order chi connectivity index (χ1) is 13.5. The van der Waals surface area contributed by atoms with E-state index in [2.05, 4.69) is 16.0 Å². The first kappa shape index (κ1) is 18.0. The van der Waals surface area contributed by atoms with Gasteiger partial charge in [-0.05, 0) is 54.7 Å². The van der Waals surface area contributed by atoms with Crippen LogP contribution in [0.1, 0.15) is 40.4 Å². The van der Waals surface area contributed by atoms with Gasteiger partial charge < -0.3 is 21.1 Å². The molecule has 2 aliphatic rings. The zero-order valence-electron chi connectivity index (χ0n) is 15.1. The highest BCUT2D eigenvalue weighted by atomic mass is 16.4. The Balaban J connectivity index is 1.44. The maximum atomic E-state index is 12.7. The van der Waals surface area contributed by atoms with Crippen LogP contribution in [0.25, 0.3) is 0 Å². The molecule has 1 fully saturated rings. The monoisotopic (exact) mass is 379 g/mol. The summed E-state index contributed by atoms with van der Waals surface area (Å²) in [7, 11) is 0. The fourth-order valence-electron chi connectivity index (χ4n) is 3.51. The Bertz CT molecular complexity index is 922. The Morgan fingerprint density at radius 1 is 0.929 bits per heavy atom. The maximum absolute atomic E-state index is 12.7. The molecule has 28 heavy (non-hydrogen) atoms. The fourth-order valence-corrected chi connectivity index (χ4v) is 3.51. The van der Waals surface area contributed by atoms with Crippen molar-refractivity contribution in [1.29, 1.82) is 0 Å². The molecule has 1 saturated carbocycles. The van der Waals surface area contributed by atoms with Gasteiger partial charge >= 0.3 is 12.0 Å². The Labute approximate surface area is 162 Å². The van der Waals surface area contributed by atoms with E-state index < -0.39 is 17.9 Å². The molecule has 7 heteroatoms. The van der Waals surface area contributed by atoms with Gasteiger partial charge in [-0.3, -0.25) is 9.59 Å². The van der Waals surface area contributed by atoms with E-state index >= 15 is 0 Å². The summed E-state index contributed by atoms with van der Waals surface area (Å²) in [5, 5.41) is 17.9. The van der Waals surface area contributed by atoms with E-state index in [0.29, 0.717) is 17.7 Å². The number of urea groups is 1. The molecule has 2 aromatic carbocycles. The molecule has 0 bridgehead atoms. The molecular weight excluding hydrogens is 358 g/mol. The summed E-state index contributed by atoms with van der Waals surface area (Å²) in [4.78, 5) is 36.1. The highest BCUT2D eigenvalue weighted by molar-refractivity contribution is 5.96. The molecule has 0 unspecified atom stereocenters. The van der Waals surface area contributed by atoms with Crippen molar-refractivity contribution in [2.24, 2.45) is 5.92 Å². The number of rotatable bonds is 5. The standard InChI is InChI=1S/C21H21N3O4/c25-19(12-5-7-14(8-6-12)22-21(28)23-15-9-10-15)24-18-16-4-2-1-3-13(16)11-17(18)20(26)27/h1-8,15,17-18H,9-11H2,(H,24,25)(H,26,27)(H2,22,23,28)/t17-,18+/m0/s1. The lowest BCUT2D eigenvalue weighted by atomic mass is 10.0. The summed E-state index contributed by atoms with van der Waals surface area (Å²) in [5.74, 6) is -1.96. The molecule has 2 atom stereocenters. The molecule has 4 N–H and O–H groups in total. The number of anilines is 1. The summed E-state index contributed by atoms with van der Waals surface area (Å²) >= 11 is 0. The normalized spacial score (nSPS) is 20.1. The second-order valence-corrected chi connectivity index (χ2v) is 7.25. The smallest absolute Gasteiger partial charge is 0.319 e. The lowest BCUT2D eigenvalue weighted by molar-refractivity contribution is -0.142. The molecule has 0 saturated heterocycles. The van der Waals surface area contributed by atoms with Gasteiger partial charge in [-0.25, -0.2) is 4.79 Å². The molecule has 144 valence electrons. The molecule has 2 aromatic rings. The van der Waals surface area contributed by atoms with Crippen molar-refractivity contribution in [2.75, 3.05) is 5.32 Å². The highest BCUT2D eigenvalue weighted by Crippen LogP contribution is 2.36. The van der Waals surface area contributed by atoms with Crippen LogP contribution in [0.15, 0.2) is 48.5 Å². The number of aliphatic carboxylic acids is 1. The van der Waals surface area contributed by atoms with Crippen LogP contribution < -0.4 is 16.0 Å². The quantitative estimate of drug-likeness (QED) is 0.641. The number of hydrogen-bond donors (Lipinski definition) is 4. The second kappa shape index (κ2) is 7.34. The molecule has 0 aromatic heterocycles. The molecular formula is C21H21N3O4. The van der Waals surface area contributed by atoms with Crippen molar-refractivity contribution in [3.63, 3.8) is 0 Å². The summed E-state index contributed by atoms with van der Waals surface area (Å²) < 4.78 is 0. The van der Waals surface area contributed by atoms with E-state index in [4.69, 9.17) is 0 Å². The minimum absolute atomic E-state index is 0.258. The highest BCUT2D eigenvalue weighted by Gasteiger charge is 2.38. The second-order valence-electron chi connectivity index (χ2n) is 7.25. The summed E-state index contributed by atoms with van der Waals surface area (Å²) in [5.41, 5.74) is 2.78. The van der Waals surface area contributed by atoms with Crippen LogP contribution in [-0.4, -0.2) is 29.1 Å². The molecule has 2 aliphatic carbocycles. The number of carboxylic acid groups (broad SMARTS) is 1. The number of carboxylic acids is 1. The zero-order valence-corrected chi connectivity index (χ0v) is 15.1. The third-order valence-corrected chi connectivity index (χ3v) is 5.15. The van der Waals surface area contributed by atoms with Crippen molar-refractivity contribution >= 4 is 23.6 Å². The number of hydrogen-bond acceptors (Lipinski definition) is 3. The summed E-state index contributed by atoms with van der Waals surface area (Å²) in [6.07, 6.45) is 2.41. The van der Waals surface area contributed by atoms with Gasteiger partial charge in [0.1, 0.15) is 0 Å². The third-order valence-electron chi connectivity index (χ3n) is 5.15. The Hall–Kier alpha value is -3.35. The molecule has 7 nitrogen and oxygen atoms in total. The number of benzene rings is 2. The number of carbonyl (C=O) groups is 3. The third kappa shape index (κ3) is 3.83. The van der Waals surface area contributed by atoms with Gasteiger partial charge in [-0.15, -0.1) is 0 Å². The van der Waals surface area contributed by atoms with Gasteiger partial charge in [-0.1, -0.05) is 24.3 Å². The maximum Gasteiger partial charge on any atom is 0.319 e. The number of amides is 3. The number of fused-ring (bicyclic) bond motifs is 1. The predicted octanol–water partition coefficient (Wildman–Crippen LogP) is 2.70. The SMILES string of the molecule is O=C(Nc1ccc(C(=O)N[C@@H]2c3ccccc3C[C@@H]2C(=O)O)cc1)NC1CC1. The first-order valence-corrected chi connectivity index (χ1v) is 9.30. The summed E-state index contributed by atoms with van der Waals surface area (Å²) in [6, 6.07) is 13.4. The Kier molecular flexibility index (Phi) is 4.73. The van der Waals surface area contributed by atoms with Crippen molar-refractivity contribution < 1.29 is 19.5 Å². The predicted molar refractivity (Wildman–Crippen MR) is 103 cm³/mol. The number of nitrogens with one attached hydrogen (secondary N) is 3. The van der Waals surface area contributed by atoms with Crippen LogP contribution in [0.5, 0.6) is 0 Å². The van der Waals surface area contributed by atoms with E-state index in [1.54, 1.807) is 24.3 Å². The van der Waals surface area contributed by atoms with Gasteiger partial charge in [0, 0.05) is 17.3 Å². The van der Waals surface area contributed by atoms with Crippen LogP contribution in [0.3, 0.4) is 0 Å². The van der Waals surface area contributed by atoms with E-state index in [1.807, 2.05) is 24.3 Å². The minimum Gasteiger partial charge on any atom is -0.481 e. The molecule has 3 amide bonds. The van der Waals surface area contributed by atoms with Crippen molar-refractivity contribution in [1.82, 2.24) is 10.6 Å². The van der Waals surface area contributed by atoms with Crippen LogP contribution in [0.2, 0.25) is 0 Å². The largest absolute Gasteiger partial charge is 0.481 e. The molecule has 0 radical (unpaired) electrons. The Morgan fingerprint density at radius 3 is 2.32 bits per heavy atom. The van der Waals surface area contributed by atoms with E-state index in [1.165, 1.54) is 0 Å². The molecule has 0 aliphatic heterocycles. The van der Waals surface area contributed by atoms with Gasteiger partial charge in [0.25, 0.3) is 5.91 Å². The zero-order chi connectivity index (χ0) is 19.7. The molecule has 0 heterocycles. The van der Waals surface area contributed by atoms with Crippen molar-refractivity contribution in [3.8, 4) is 0 Å². The van der Waals surface area contributed by atoms with E-state index in [0.717, 1.165) is 24.0 Å². The van der Waals surface area contributed by atoms with Gasteiger partial charge in [0.15, 0.2) is 0 Å². The van der Waals surface area contributed by atoms with E-state index in [-0.39, 0.29) is 18.0 Å². The molecule has 4 rings (SSSR count). The van der Waals surface area contributed by atoms with Crippen molar-refractivity contribution in [2.45, 2.75) is 31.3 Å². The van der Waals surface area contributed by atoms with Crippen molar-refractivity contribution in [3.05, 3.63) is 65.2 Å². The minimum atomic E-state index is -0.928. The Morgan fingerprint density at radius 2 is 1.64 bits per heavy atom. The van der Waals surface area contributed by atoms with Gasteiger partial charge in [-0.2, -0.15) is 0 Å².